The lowest BCUT2D eigenvalue weighted by molar-refractivity contribution is -0.309. The summed E-state index contributed by atoms with van der Waals surface area (Å²) in [7, 11) is 3.12. The van der Waals surface area contributed by atoms with Crippen LogP contribution in [-0.4, -0.2) is 181 Å². The Bertz CT molecular complexity index is 2140. The molecular formula is C42H58F12N10O7. The first kappa shape index (κ1) is 58.2. The van der Waals surface area contributed by atoms with Gasteiger partial charge >= 0.3 is 36.9 Å². The molecule has 2 aromatic rings. The van der Waals surface area contributed by atoms with Gasteiger partial charge in [0.1, 0.15) is 28.8 Å². The average molecular weight is 1040 g/mol. The van der Waals surface area contributed by atoms with Gasteiger partial charge in [-0.15, -0.1) is 0 Å². The number of piperidine rings is 2. The number of ketones is 1. The van der Waals surface area contributed by atoms with Crippen LogP contribution >= 0.6 is 0 Å². The Kier molecular flexibility index (Phi) is 18.2. The summed E-state index contributed by atoms with van der Waals surface area (Å²) < 4.78 is 163. The van der Waals surface area contributed by atoms with Crippen LogP contribution in [0.1, 0.15) is 99.9 Å². The van der Waals surface area contributed by atoms with E-state index in [1.54, 1.807) is 40.3 Å². The van der Waals surface area contributed by atoms with Gasteiger partial charge in [-0.1, -0.05) is 0 Å². The second kappa shape index (κ2) is 22.2. The molecule has 0 bridgehead atoms. The summed E-state index contributed by atoms with van der Waals surface area (Å²) >= 11 is 0. The monoisotopic (exact) mass is 1040 g/mol. The third kappa shape index (κ3) is 14.9. The molecule has 4 amide bonds. The lowest BCUT2D eigenvalue weighted by atomic mass is 9.88. The van der Waals surface area contributed by atoms with Crippen molar-refractivity contribution in [2.75, 3.05) is 53.4 Å². The zero-order chi connectivity index (χ0) is 53.8. The predicted molar refractivity (Wildman–Crippen MR) is 225 cm³/mol. The van der Waals surface area contributed by atoms with Crippen molar-refractivity contribution in [2.45, 2.75) is 147 Å². The number of nitrogens with one attached hydrogen (secondary N) is 1. The number of alkyl halides is 12. The van der Waals surface area contributed by atoms with E-state index in [2.05, 4.69) is 43.5 Å². The van der Waals surface area contributed by atoms with Gasteiger partial charge in [-0.05, 0) is 67.2 Å². The molecule has 71 heavy (non-hydrogen) atoms. The maximum atomic E-state index is 13.1. The Morgan fingerprint density at radius 3 is 1.30 bits per heavy atom. The molecule has 2 saturated heterocycles. The Morgan fingerprint density at radius 2 is 0.958 bits per heavy atom. The number of hydrogen-bond donors (Lipinski definition) is 1. The van der Waals surface area contributed by atoms with E-state index in [0.717, 1.165) is 34.5 Å². The molecule has 6 heterocycles. The van der Waals surface area contributed by atoms with Crippen molar-refractivity contribution in [3.05, 3.63) is 35.4 Å². The van der Waals surface area contributed by atoms with Crippen LogP contribution in [0.25, 0.3) is 0 Å². The molecule has 1 N–H and O–H groups in total. The van der Waals surface area contributed by atoms with E-state index in [0.29, 0.717) is 32.2 Å². The fourth-order valence-electron chi connectivity index (χ4n) is 7.94. The van der Waals surface area contributed by atoms with Gasteiger partial charge < -0.3 is 48.3 Å². The first-order chi connectivity index (χ1) is 32.5. The van der Waals surface area contributed by atoms with Crippen LogP contribution in [0.4, 0.5) is 62.3 Å². The van der Waals surface area contributed by atoms with Crippen LogP contribution < -0.4 is 5.32 Å². The zero-order valence-electron chi connectivity index (χ0n) is 40.2. The van der Waals surface area contributed by atoms with Gasteiger partial charge in [-0.25, -0.2) is 19.6 Å². The molecule has 4 aliphatic heterocycles. The van der Waals surface area contributed by atoms with E-state index < -0.39 is 60.2 Å². The minimum absolute atomic E-state index is 0.141. The first-order valence-electron chi connectivity index (χ1n) is 22.3. The molecule has 0 spiro atoms. The summed E-state index contributed by atoms with van der Waals surface area (Å²) in [5, 5.41) is 3.14. The Labute approximate surface area is 400 Å². The molecule has 0 atom stereocenters. The summed E-state index contributed by atoms with van der Waals surface area (Å²) in [4.78, 5) is 75.0. The van der Waals surface area contributed by atoms with Crippen LogP contribution in [0.3, 0.4) is 0 Å². The van der Waals surface area contributed by atoms with Crippen molar-refractivity contribution < 1.29 is 86.1 Å². The Balaban J connectivity index is 0.000000288. The fourth-order valence-corrected chi connectivity index (χ4v) is 7.94. The summed E-state index contributed by atoms with van der Waals surface area (Å²) in [5.41, 5.74) is -1.05. The molecule has 0 aliphatic carbocycles. The molecule has 0 saturated carbocycles. The second-order valence-corrected chi connectivity index (χ2v) is 18.5. The van der Waals surface area contributed by atoms with Gasteiger partial charge in [0.2, 0.25) is 0 Å². The highest BCUT2D eigenvalue weighted by atomic mass is 19.4. The standard InChI is InChI=1S/C21H29F6N5O3.C18H23F6N5O3.C3H6O/c1-13(2)31-9-10-32-11-14(28-15(32)12-31)16(33)29(4)19(3)5-7-30(8-6-19)18(34)35-17(20(22,23)24)21(25,26)27;1-16(27(2)13(30)11-10-29-8-5-25-9-12(29)26-11)3-6-28(7-4-16)15(31)32-14(17(19,20)21)18(22,23)24;1-3(2)4/h11,13,17H,5-10,12H2,1-4H3;10,14,25H,3-9H2,1-2H3;1-2H3. The Morgan fingerprint density at radius 1 is 0.606 bits per heavy atom. The summed E-state index contributed by atoms with van der Waals surface area (Å²) in [6, 6.07) is 0.334. The van der Waals surface area contributed by atoms with Crippen LogP contribution in [0.2, 0.25) is 0 Å². The quantitative estimate of drug-likeness (QED) is 0.290. The topological polar surface area (TPSA) is 168 Å². The smallest absolute Gasteiger partial charge is 0.426 e. The van der Waals surface area contributed by atoms with E-state index in [1.165, 1.54) is 23.6 Å². The van der Waals surface area contributed by atoms with Crippen molar-refractivity contribution in [3.63, 3.8) is 0 Å². The van der Waals surface area contributed by atoms with Crippen LogP contribution in [-0.2, 0) is 40.4 Å². The number of carbonyl (C=O) groups excluding carboxylic acids is 5. The first-order valence-corrected chi connectivity index (χ1v) is 22.3. The van der Waals surface area contributed by atoms with Crippen molar-refractivity contribution in [3.8, 4) is 0 Å². The average Bonchev–Trinajstić information content (AvgIpc) is 3.90. The number of hydrogen-bond acceptors (Lipinski definition) is 11. The SMILES string of the molecule is CC(C)=O.CC(C)N1CCn2cc(C(=O)N(C)C3(C)CCN(C(=O)OC(C(F)(F)F)C(F)(F)F)CC3)nc2C1.CN(C(=O)c1cn2c(n1)CNCC2)C1(C)CCN(C(=O)OC(C(F)(F)F)C(F)(F)F)CC1. The van der Waals surface area contributed by atoms with Gasteiger partial charge in [-0.3, -0.25) is 14.5 Å². The fraction of sp³-hybridized carbons (Fsp3) is 0.738. The van der Waals surface area contributed by atoms with Crippen molar-refractivity contribution >= 4 is 29.8 Å². The molecule has 0 unspecified atom stereocenters. The highest BCUT2D eigenvalue weighted by molar-refractivity contribution is 5.93. The van der Waals surface area contributed by atoms with Gasteiger partial charge in [0.05, 0.1) is 13.1 Å². The number of aromatic nitrogens is 4. The number of fused-ring (bicyclic) bond motifs is 2. The number of nitrogens with zero attached hydrogens (tertiary/aromatic N) is 9. The molecule has 29 heteroatoms. The molecule has 402 valence electrons. The third-order valence-corrected chi connectivity index (χ3v) is 12.7. The number of carbonyl (C=O) groups is 5. The summed E-state index contributed by atoms with van der Waals surface area (Å²) in [6.07, 6.45) is -31.0. The van der Waals surface area contributed by atoms with Crippen molar-refractivity contribution in [1.29, 1.82) is 0 Å². The van der Waals surface area contributed by atoms with Crippen LogP contribution in [0, 0.1) is 0 Å². The number of ether oxygens (including phenoxy) is 2. The maximum Gasteiger partial charge on any atom is 0.434 e. The van der Waals surface area contributed by atoms with Crippen molar-refractivity contribution in [2.24, 2.45) is 0 Å². The number of halogens is 12. The Hall–Kier alpha value is -5.35. The predicted octanol–water partition coefficient (Wildman–Crippen LogP) is 6.80. The van der Waals surface area contributed by atoms with Gasteiger partial charge in [0.25, 0.3) is 24.0 Å². The maximum absolute atomic E-state index is 13.1. The number of likely N-dealkylation sites (tertiary alicyclic amines) is 2. The van der Waals surface area contributed by atoms with Gasteiger partial charge in [0.15, 0.2) is 0 Å². The molecule has 17 nitrogen and oxygen atoms in total. The van der Waals surface area contributed by atoms with E-state index in [1.807, 2.05) is 9.13 Å². The second-order valence-electron chi connectivity index (χ2n) is 18.5. The van der Waals surface area contributed by atoms with E-state index >= 15 is 0 Å². The lowest BCUT2D eigenvalue weighted by Gasteiger charge is -2.44. The molecule has 0 aromatic carbocycles. The third-order valence-electron chi connectivity index (χ3n) is 12.7. The van der Waals surface area contributed by atoms with Crippen molar-refractivity contribution in [1.82, 2.24) is 48.9 Å². The molecule has 6 rings (SSSR count). The van der Waals surface area contributed by atoms with Gasteiger partial charge in [-0.2, -0.15) is 52.7 Å². The van der Waals surface area contributed by atoms with Gasteiger partial charge in [0, 0.05) is 96.0 Å². The number of Topliss-reactive ketones (excluding diaryl/α,β-unsaturated/α-hetero) is 1. The summed E-state index contributed by atoms with van der Waals surface area (Å²) in [6.45, 7) is 14.1. The number of amides is 4. The molecule has 4 aliphatic rings. The summed E-state index contributed by atoms with van der Waals surface area (Å²) in [5.74, 6) is 0.947. The highest BCUT2D eigenvalue weighted by Crippen LogP contribution is 2.39. The minimum Gasteiger partial charge on any atom is -0.426 e. The highest BCUT2D eigenvalue weighted by Gasteiger charge is 2.61. The molecule has 2 aromatic heterocycles. The molecule has 2 fully saturated rings. The molecular weight excluding hydrogens is 985 g/mol. The van der Waals surface area contributed by atoms with E-state index in [4.69, 9.17) is 0 Å². The normalized spacial score (nSPS) is 18.4. The minimum atomic E-state index is -5.78. The van der Waals surface area contributed by atoms with E-state index in [9.17, 15) is 76.7 Å². The van der Waals surface area contributed by atoms with Crippen LogP contribution in [0.5, 0.6) is 0 Å². The number of rotatable bonds is 7. The van der Waals surface area contributed by atoms with E-state index in [-0.39, 0.29) is 80.8 Å². The molecule has 0 radical (unpaired) electrons. The zero-order valence-corrected chi connectivity index (χ0v) is 40.2. The lowest BCUT2D eigenvalue weighted by Crippen LogP contribution is -2.56. The number of imidazole rings is 2. The largest absolute Gasteiger partial charge is 0.434 e. The van der Waals surface area contributed by atoms with Crippen LogP contribution in [0.15, 0.2) is 12.4 Å².